The van der Waals surface area contributed by atoms with Crippen molar-refractivity contribution in [2.75, 3.05) is 26.3 Å². The fourth-order valence-electron chi connectivity index (χ4n) is 2.03. The molecule has 2 N–H and O–H groups in total. The van der Waals surface area contributed by atoms with Crippen LogP contribution in [0.1, 0.15) is 12.0 Å². The second-order valence-electron chi connectivity index (χ2n) is 4.13. The maximum absolute atomic E-state index is 9.65. The molecule has 6 heteroatoms. The highest BCUT2D eigenvalue weighted by atomic mass is 35.5. The normalized spacial score (nSPS) is 24.2. The molecule has 1 aliphatic rings. The van der Waals surface area contributed by atoms with Crippen molar-refractivity contribution in [2.24, 2.45) is 0 Å². The van der Waals surface area contributed by atoms with Crippen LogP contribution in [0.15, 0.2) is 18.2 Å². The van der Waals surface area contributed by atoms with Crippen molar-refractivity contribution in [3.05, 3.63) is 33.8 Å². The fraction of sp³-hybridized carbons (Fsp3) is 0.500. The van der Waals surface area contributed by atoms with Crippen molar-refractivity contribution >= 4 is 35.6 Å². The van der Waals surface area contributed by atoms with E-state index in [1.54, 1.807) is 12.1 Å². The Labute approximate surface area is 123 Å². The Hall–Kier alpha value is -0.0300. The molecule has 0 bridgehead atoms. The molecule has 1 atom stereocenters. The van der Waals surface area contributed by atoms with Crippen molar-refractivity contribution < 1.29 is 9.84 Å². The third-order valence-electron chi connectivity index (χ3n) is 3.06. The van der Waals surface area contributed by atoms with Crippen molar-refractivity contribution in [2.45, 2.75) is 12.0 Å². The third kappa shape index (κ3) is 3.29. The number of benzene rings is 1. The molecule has 0 spiro atoms. The zero-order valence-corrected chi connectivity index (χ0v) is 12.1. The Morgan fingerprint density at radius 3 is 2.72 bits per heavy atom. The van der Waals surface area contributed by atoms with Crippen LogP contribution < -0.4 is 5.32 Å². The van der Waals surface area contributed by atoms with Crippen LogP contribution in [0.4, 0.5) is 0 Å². The van der Waals surface area contributed by atoms with Crippen LogP contribution in [0.3, 0.4) is 0 Å². The Balaban J connectivity index is 0.00000162. The summed E-state index contributed by atoms with van der Waals surface area (Å²) in [6, 6.07) is 5.36. The predicted octanol–water partition coefficient (Wildman–Crippen LogP) is 2.61. The zero-order chi connectivity index (χ0) is 12.3. The van der Waals surface area contributed by atoms with Gasteiger partial charge in [-0.05, 0) is 30.7 Å². The number of rotatable bonds is 2. The zero-order valence-electron chi connectivity index (χ0n) is 9.79. The quantitative estimate of drug-likeness (QED) is 0.882. The minimum absolute atomic E-state index is 0. The molecular weight excluding hydrogens is 296 g/mol. The lowest BCUT2D eigenvalue weighted by Crippen LogP contribution is -2.34. The topological polar surface area (TPSA) is 41.5 Å². The smallest absolute Gasteiger partial charge is 0.117 e. The molecule has 0 aromatic heterocycles. The highest BCUT2D eigenvalue weighted by molar-refractivity contribution is 6.42. The summed E-state index contributed by atoms with van der Waals surface area (Å²) in [6.07, 6.45) is 0.710. The molecule has 1 fully saturated rings. The van der Waals surface area contributed by atoms with E-state index in [4.69, 9.17) is 27.9 Å². The summed E-state index contributed by atoms with van der Waals surface area (Å²) in [5, 5.41) is 13.9. The molecule has 0 saturated carbocycles. The number of hydrogen-bond donors (Lipinski definition) is 2. The number of aliphatic hydroxyl groups is 1. The Kier molecular flexibility index (Phi) is 6.18. The average Bonchev–Trinajstić information content (AvgIpc) is 2.59. The van der Waals surface area contributed by atoms with Gasteiger partial charge in [-0.1, -0.05) is 29.3 Å². The van der Waals surface area contributed by atoms with E-state index in [1.165, 1.54) is 0 Å². The summed E-state index contributed by atoms with van der Waals surface area (Å²) in [4.78, 5) is 0. The van der Waals surface area contributed by atoms with E-state index in [0.29, 0.717) is 23.1 Å². The molecule has 102 valence electrons. The molecule has 3 nitrogen and oxygen atoms in total. The molecule has 1 unspecified atom stereocenters. The highest BCUT2D eigenvalue weighted by Gasteiger charge is 2.33. The maximum atomic E-state index is 9.65. The van der Waals surface area contributed by atoms with Crippen LogP contribution in [0, 0.1) is 0 Å². The molecule has 1 aliphatic heterocycles. The van der Waals surface area contributed by atoms with E-state index >= 15 is 0 Å². The van der Waals surface area contributed by atoms with Gasteiger partial charge in [-0.2, -0.15) is 0 Å². The standard InChI is InChI=1S/C12H15Cl2NO2.ClH/c13-10-2-1-9(7-11(10)14)12(8-16)3-4-15-5-6-17-12;/h1-2,7,15-16H,3-6,8H2;1H. The minimum Gasteiger partial charge on any atom is -0.393 e. The number of aliphatic hydroxyl groups excluding tert-OH is 1. The Bertz CT molecular complexity index is 393. The van der Waals surface area contributed by atoms with Crippen LogP contribution in [0.5, 0.6) is 0 Å². The summed E-state index contributed by atoms with van der Waals surface area (Å²) >= 11 is 11.9. The van der Waals surface area contributed by atoms with Crippen molar-refractivity contribution in [3.8, 4) is 0 Å². The van der Waals surface area contributed by atoms with Crippen LogP contribution >= 0.6 is 35.6 Å². The first-order valence-electron chi connectivity index (χ1n) is 5.59. The minimum atomic E-state index is -0.669. The lowest BCUT2D eigenvalue weighted by molar-refractivity contribution is -0.0790. The molecule has 0 radical (unpaired) electrons. The second-order valence-corrected chi connectivity index (χ2v) is 4.94. The van der Waals surface area contributed by atoms with Gasteiger partial charge in [0.2, 0.25) is 0 Å². The van der Waals surface area contributed by atoms with E-state index in [1.807, 2.05) is 6.07 Å². The summed E-state index contributed by atoms with van der Waals surface area (Å²) in [5.74, 6) is 0. The van der Waals surface area contributed by atoms with Gasteiger partial charge >= 0.3 is 0 Å². The van der Waals surface area contributed by atoms with Gasteiger partial charge in [-0.25, -0.2) is 0 Å². The largest absolute Gasteiger partial charge is 0.393 e. The van der Waals surface area contributed by atoms with E-state index in [-0.39, 0.29) is 19.0 Å². The third-order valence-corrected chi connectivity index (χ3v) is 3.80. The van der Waals surface area contributed by atoms with E-state index in [0.717, 1.165) is 18.7 Å². The van der Waals surface area contributed by atoms with Crippen LogP contribution in [0.2, 0.25) is 10.0 Å². The average molecular weight is 313 g/mol. The molecule has 0 aliphatic carbocycles. The number of halogens is 3. The van der Waals surface area contributed by atoms with E-state index in [2.05, 4.69) is 5.32 Å². The summed E-state index contributed by atoms with van der Waals surface area (Å²) in [5.41, 5.74) is 0.204. The summed E-state index contributed by atoms with van der Waals surface area (Å²) in [7, 11) is 0. The molecular formula is C12H16Cl3NO2. The van der Waals surface area contributed by atoms with Gasteiger partial charge < -0.3 is 15.2 Å². The maximum Gasteiger partial charge on any atom is 0.117 e. The number of ether oxygens (including phenoxy) is 1. The molecule has 1 aromatic carbocycles. The van der Waals surface area contributed by atoms with E-state index in [9.17, 15) is 5.11 Å². The van der Waals surface area contributed by atoms with E-state index < -0.39 is 5.60 Å². The van der Waals surface area contributed by atoms with Crippen molar-refractivity contribution in [1.29, 1.82) is 0 Å². The molecule has 2 rings (SSSR count). The first kappa shape index (κ1) is 16.0. The second kappa shape index (κ2) is 6.94. The van der Waals surface area contributed by atoms with Gasteiger partial charge in [0, 0.05) is 6.54 Å². The van der Waals surface area contributed by atoms with Gasteiger partial charge in [-0.3, -0.25) is 0 Å². The molecule has 0 amide bonds. The molecule has 1 aromatic rings. The van der Waals surface area contributed by atoms with Gasteiger partial charge in [0.15, 0.2) is 0 Å². The molecule has 18 heavy (non-hydrogen) atoms. The van der Waals surface area contributed by atoms with Crippen LogP contribution in [0.25, 0.3) is 0 Å². The van der Waals surface area contributed by atoms with Gasteiger partial charge in [0.05, 0.1) is 23.3 Å². The first-order chi connectivity index (χ1) is 8.18. The van der Waals surface area contributed by atoms with Crippen molar-refractivity contribution in [1.82, 2.24) is 5.32 Å². The number of hydrogen-bond acceptors (Lipinski definition) is 3. The van der Waals surface area contributed by atoms with Crippen LogP contribution in [-0.4, -0.2) is 31.4 Å². The predicted molar refractivity (Wildman–Crippen MR) is 75.9 cm³/mol. The monoisotopic (exact) mass is 311 g/mol. The lowest BCUT2D eigenvalue weighted by Gasteiger charge is -2.31. The molecule has 1 heterocycles. The van der Waals surface area contributed by atoms with Gasteiger partial charge in [0.1, 0.15) is 5.60 Å². The summed E-state index contributed by atoms with van der Waals surface area (Å²) < 4.78 is 5.81. The SMILES string of the molecule is Cl.OCC1(c2ccc(Cl)c(Cl)c2)CCNCCO1. The van der Waals surface area contributed by atoms with Crippen LogP contribution in [-0.2, 0) is 10.3 Å². The Morgan fingerprint density at radius 2 is 2.06 bits per heavy atom. The lowest BCUT2D eigenvalue weighted by atomic mass is 9.91. The number of nitrogens with one attached hydrogen (secondary N) is 1. The summed E-state index contributed by atoms with van der Waals surface area (Å²) in [6.45, 7) is 2.11. The Morgan fingerprint density at radius 1 is 1.28 bits per heavy atom. The first-order valence-corrected chi connectivity index (χ1v) is 6.35. The molecule has 1 saturated heterocycles. The van der Waals surface area contributed by atoms with Gasteiger partial charge in [-0.15, -0.1) is 12.4 Å². The van der Waals surface area contributed by atoms with Crippen molar-refractivity contribution in [3.63, 3.8) is 0 Å². The fourth-order valence-corrected chi connectivity index (χ4v) is 2.33. The van der Waals surface area contributed by atoms with Gasteiger partial charge in [0.25, 0.3) is 0 Å². The highest BCUT2D eigenvalue weighted by Crippen LogP contribution is 2.34.